The van der Waals surface area contributed by atoms with E-state index in [1.165, 1.54) is 17.2 Å². The van der Waals surface area contributed by atoms with Crippen LogP contribution in [0.1, 0.15) is 44.7 Å². The number of amides is 1. The van der Waals surface area contributed by atoms with Gasteiger partial charge in [-0.05, 0) is 85.4 Å². The molecule has 5 unspecified atom stereocenters. The van der Waals surface area contributed by atoms with Crippen LogP contribution in [0, 0.1) is 17.3 Å². The molecule has 0 aromatic heterocycles. The van der Waals surface area contributed by atoms with Gasteiger partial charge < -0.3 is 21.1 Å². The van der Waals surface area contributed by atoms with Crippen LogP contribution in [0.15, 0.2) is 42.1 Å². The number of benzene rings is 1. The Morgan fingerprint density at radius 1 is 1.34 bits per heavy atom. The van der Waals surface area contributed by atoms with Crippen molar-refractivity contribution >= 4 is 12.2 Å². The second-order valence-electron chi connectivity index (χ2n) is 10.0. The molecule has 1 saturated carbocycles. The van der Waals surface area contributed by atoms with E-state index < -0.39 is 0 Å². The number of hydrogen-bond donors (Lipinski definition) is 4. The SMILES string of the molecule is CN/C(=C\C=C/C=O)C(=O)NC(C)C1[C@@H](C)CC2(C)C3Cc4ccc(O)cc4C12CCN3. The van der Waals surface area contributed by atoms with Gasteiger partial charge in [0.15, 0.2) is 0 Å². The molecule has 1 saturated heterocycles. The molecule has 6 atom stereocenters. The molecular formula is C26H35N3O3. The Kier molecular flexibility index (Phi) is 5.93. The molecule has 0 spiro atoms. The summed E-state index contributed by atoms with van der Waals surface area (Å²) in [4.78, 5) is 23.6. The number of aldehydes is 1. The Bertz CT molecular complexity index is 971. The molecule has 1 heterocycles. The molecule has 4 N–H and O–H groups in total. The Labute approximate surface area is 190 Å². The number of phenols is 1. The van der Waals surface area contributed by atoms with Gasteiger partial charge in [-0.3, -0.25) is 9.59 Å². The van der Waals surface area contributed by atoms with Gasteiger partial charge in [-0.2, -0.15) is 0 Å². The highest BCUT2D eigenvalue weighted by molar-refractivity contribution is 5.93. The van der Waals surface area contributed by atoms with Crippen LogP contribution in [-0.4, -0.2) is 43.0 Å². The van der Waals surface area contributed by atoms with Crippen LogP contribution < -0.4 is 16.0 Å². The smallest absolute Gasteiger partial charge is 0.267 e. The Morgan fingerprint density at radius 2 is 2.12 bits per heavy atom. The summed E-state index contributed by atoms with van der Waals surface area (Å²) >= 11 is 0. The molecule has 172 valence electrons. The van der Waals surface area contributed by atoms with Crippen molar-refractivity contribution in [3.63, 3.8) is 0 Å². The molecular weight excluding hydrogens is 402 g/mol. The highest BCUT2D eigenvalue weighted by Crippen LogP contribution is 2.67. The Hall–Kier alpha value is -2.60. The molecule has 2 bridgehead atoms. The predicted octanol–water partition coefficient (Wildman–Crippen LogP) is 2.57. The number of carbonyl (C=O) groups is 2. The third kappa shape index (κ3) is 3.27. The van der Waals surface area contributed by atoms with Crippen molar-refractivity contribution in [1.82, 2.24) is 16.0 Å². The fourth-order valence-electron chi connectivity index (χ4n) is 7.48. The molecule has 1 aromatic rings. The zero-order chi connectivity index (χ0) is 23.1. The predicted molar refractivity (Wildman–Crippen MR) is 125 cm³/mol. The number of allylic oxidation sites excluding steroid dienone is 3. The summed E-state index contributed by atoms with van der Waals surface area (Å²) in [6.45, 7) is 7.77. The van der Waals surface area contributed by atoms with E-state index in [4.69, 9.17) is 0 Å². The maximum absolute atomic E-state index is 13.0. The first-order chi connectivity index (χ1) is 15.3. The maximum atomic E-state index is 13.0. The first kappa shape index (κ1) is 22.6. The molecule has 2 aliphatic carbocycles. The van der Waals surface area contributed by atoms with E-state index in [1.54, 1.807) is 25.3 Å². The normalized spacial score (nSPS) is 34.5. The minimum absolute atomic E-state index is 0.0572. The van der Waals surface area contributed by atoms with Gasteiger partial charge in [0.25, 0.3) is 5.91 Å². The molecule has 1 aromatic carbocycles. The Balaban J connectivity index is 1.73. The molecule has 0 radical (unpaired) electrons. The second-order valence-corrected chi connectivity index (χ2v) is 10.0. The van der Waals surface area contributed by atoms with Crippen LogP contribution in [-0.2, 0) is 21.4 Å². The highest BCUT2D eigenvalue weighted by atomic mass is 16.3. The lowest BCUT2D eigenvalue weighted by atomic mass is 9.48. The molecule has 1 amide bonds. The number of piperidine rings is 1. The monoisotopic (exact) mass is 437 g/mol. The minimum Gasteiger partial charge on any atom is -0.508 e. The first-order valence-electron chi connectivity index (χ1n) is 11.6. The average Bonchev–Trinajstić information content (AvgIpc) is 3.00. The van der Waals surface area contributed by atoms with Crippen molar-refractivity contribution in [2.24, 2.45) is 17.3 Å². The summed E-state index contributed by atoms with van der Waals surface area (Å²) in [7, 11) is 1.70. The largest absolute Gasteiger partial charge is 0.508 e. The standard InChI is InChI=1S/C26H35N3O3/c1-16-15-25(3)22-13-18-8-9-19(31)14-20(18)26(25,10-11-28-22)23(16)17(2)29-24(32)21(27-4)7-5-6-12-30/h5-9,12,14,16-17,22-23,27-28,31H,10-11,13,15H2,1-4H3,(H,29,32)/b6-5-,21-7-/t16-,17?,22?,23?,25?,26?/m0/s1. The third-order valence-corrected chi connectivity index (χ3v) is 8.49. The van der Waals surface area contributed by atoms with Crippen LogP contribution >= 0.6 is 0 Å². The van der Waals surface area contributed by atoms with E-state index >= 15 is 0 Å². The van der Waals surface area contributed by atoms with E-state index in [2.05, 4.69) is 42.8 Å². The van der Waals surface area contributed by atoms with E-state index in [1.807, 2.05) is 6.07 Å². The third-order valence-electron chi connectivity index (χ3n) is 8.49. The molecule has 4 rings (SSSR count). The van der Waals surface area contributed by atoms with Crippen LogP contribution in [0.3, 0.4) is 0 Å². The zero-order valence-corrected chi connectivity index (χ0v) is 19.4. The quantitative estimate of drug-likeness (QED) is 0.312. The van der Waals surface area contributed by atoms with Gasteiger partial charge in [-0.15, -0.1) is 0 Å². The van der Waals surface area contributed by atoms with Gasteiger partial charge in [-0.25, -0.2) is 0 Å². The lowest BCUT2D eigenvalue weighted by molar-refractivity contribution is -0.119. The number of rotatable bonds is 6. The second kappa shape index (κ2) is 8.39. The van der Waals surface area contributed by atoms with E-state index in [-0.39, 0.29) is 28.7 Å². The van der Waals surface area contributed by atoms with Crippen molar-refractivity contribution in [2.75, 3.05) is 13.6 Å². The first-order valence-corrected chi connectivity index (χ1v) is 11.6. The fourth-order valence-corrected chi connectivity index (χ4v) is 7.48. The summed E-state index contributed by atoms with van der Waals surface area (Å²) in [6, 6.07) is 6.19. The molecule has 1 aliphatic heterocycles. The van der Waals surface area contributed by atoms with Crippen LogP contribution in [0.4, 0.5) is 0 Å². The van der Waals surface area contributed by atoms with Gasteiger partial charge in [-0.1, -0.05) is 26.0 Å². The molecule has 32 heavy (non-hydrogen) atoms. The summed E-state index contributed by atoms with van der Waals surface area (Å²) in [5.41, 5.74) is 2.95. The average molecular weight is 438 g/mol. The summed E-state index contributed by atoms with van der Waals surface area (Å²) in [5.74, 6) is 0.800. The van der Waals surface area contributed by atoms with Crippen molar-refractivity contribution < 1.29 is 14.7 Å². The number of hydrogen-bond acceptors (Lipinski definition) is 5. The summed E-state index contributed by atoms with van der Waals surface area (Å²) < 4.78 is 0. The molecule has 6 heteroatoms. The minimum atomic E-state index is -0.176. The fraction of sp³-hybridized carbons (Fsp3) is 0.538. The van der Waals surface area contributed by atoms with E-state index in [9.17, 15) is 14.7 Å². The summed E-state index contributed by atoms with van der Waals surface area (Å²) in [6.07, 6.45) is 8.28. The Morgan fingerprint density at radius 3 is 2.84 bits per heavy atom. The maximum Gasteiger partial charge on any atom is 0.267 e. The molecule has 2 fully saturated rings. The van der Waals surface area contributed by atoms with Crippen molar-refractivity contribution in [1.29, 1.82) is 0 Å². The number of phenolic OH excluding ortho intramolecular Hbond substituents is 1. The van der Waals surface area contributed by atoms with Gasteiger partial charge in [0, 0.05) is 24.5 Å². The lowest BCUT2D eigenvalue weighted by Crippen LogP contribution is -2.66. The number of nitrogens with one attached hydrogen (secondary N) is 3. The zero-order valence-electron chi connectivity index (χ0n) is 19.4. The number of fused-ring (bicyclic) bond motifs is 1. The topological polar surface area (TPSA) is 90.5 Å². The van der Waals surface area contributed by atoms with Crippen molar-refractivity contribution in [3.8, 4) is 5.75 Å². The van der Waals surface area contributed by atoms with Gasteiger partial charge in [0.2, 0.25) is 0 Å². The van der Waals surface area contributed by atoms with E-state index in [0.29, 0.717) is 29.7 Å². The number of likely N-dealkylation sites (N-methyl/N-ethyl adjacent to an activating group) is 1. The van der Waals surface area contributed by atoms with Crippen LogP contribution in [0.5, 0.6) is 5.75 Å². The van der Waals surface area contributed by atoms with E-state index in [0.717, 1.165) is 25.8 Å². The van der Waals surface area contributed by atoms with Gasteiger partial charge >= 0.3 is 0 Å². The lowest BCUT2D eigenvalue weighted by Gasteiger charge is -2.60. The van der Waals surface area contributed by atoms with Gasteiger partial charge in [0.1, 0.15) is 12.0 Å². The molecule has 6 nitrogen and oxygen atoms in total. The van der Waals surface area contributed by atoms with Crippen molar-refractivity contribution in [3.05, 3.63) is 53.3 Å². The van der Waals surface area contributed by atoms with Gasteiger partial charge in [0.05, 0.1) is 5.70 Å². The number of carbonyl (C=O) groups excluding carboxylic acids is 2. The van der Waals surface area contributed by atoms with Crippen LogP contribution in [0.25, 0.3) is 0 Å². The summed E-state index contributed by atoms with van der Waals surface area (Å²) in [5, 5.41) is 20.4. The van der Waals surface area contributed by atoms with Crippen LogP contribution in [0.2, 0.25) is 0 Å². The van der Waals surface area contributed by atoms with Crippen molar-refractivity contribution in [2.45, 2.75) is 57.5 Å². The number of aromatic hydroxyl groups is 1. The molecule has 3 aliphatic rings. The highest BCUT2D eigenvalue weighted by Gasteiger charge is 2.68.